The summed E-state index contributed by atoms with van der Waals surface area (Å²) in [7, 11) is -4.24. The molecule has 4 rings (SSSR count). The molecule has 0 radical (unpaired) electrons. The highest BCUT2D eigenvalue weighted by Crippen LogP contribution is 2.35. The van der Waals surface area contributed by atoms with Crippen molar-refractivity contribution in [3.05, 3.63) is 94.0 Å². The van der Waals surface area contributed by atoms with Crippen molar-refractivity contribution in [2.45, 2.75) is 69.5 Å². The summed E-state index contributed by atoms with van der Waals surface area (Å²) in [4.78, 5) is 28.9. The van der Waals surface area contributed by atoms with E-state index in [1.165, 1.54) is 23.1 Å². The first kappa shape index (κ1) is 30.9. The predicted octanol–water partition coefficient (Wildman–Crippen LogP) is 6.36. The molecule has 10 heteroatoms. The van der Waals surface area contributed by atoms with E-state index in [1.54, 1.807) is 31.2 Å². The molecule has 3 aromatic rings. The summed E-state index contributed by atoms with van der Waals surface area (Å²) < 4.78 is 28.9. The van der Waals surface area contributed by atoms with Crippen molar-refractivity contribution in [2.24, 2.45) is 0 Å². The van der Waals surface area contributed by atoms with E-state index in [2.05, 4.69) is 5.32 Å². The average Bonchev–Trinajstić information content (AvgIpc) is 2.97. The molecule has 1 aliphatic rings. The van der Waals surface area contributed by atoms with Gasteiger partial charge in [-0.15, -0.1) is 0 Å². The Hall–Kier alpha value is -3.07. The van der Waals surface area contributed by atoms with Crippen LogP contribution < -0.4 is 9.62 Å². The van der Waals surface area contributed by atoms with Crippen LogP contribution in [0.25, 0.3) is 0 Å². The number of carbonyl (C=O) groups is 2. The number of aryl methyl sites for hydroxylation is 1. The van der Waals surface area contributed by atoms with Crippen molar-refractivity contribution >= 4 is 50.7 Å². The third-order valence-corrected chi connectivity index (χ3v) is 9.99. The molecule has 0 unspecified atom stereocenters. The number of sulfonamides is 1. The molecule has 0 aromatic heterocycles. The Morgan fingerprint density at radius 1 is 0.927 bits per heavy atom. The second-order valence-corrected chi connectivity index (χ2v) is 13.1. The van der Waals surface area contributed by atoms with Crippen LogP contribution in [0.5, 0.6) is 0 Å². The van der Waals surface area contributed by atoms with Gasteiger partial charge in [-0.2, -0.15) is 0 Å². The molecule has 1 N–H and O–H groups in total. The predicted molar refractivity (Wildman–Crippen MR) is 164 cm³/mol. The zero-order chi connectivity index (χ0) is 29.6. The van der Waals surface area contributed by atoms with Crippen LogP contribution in [0, 0.1) is 6.92 Å². The summed E-state index contributed by atoms with van der Waals surface area (Å²) in [5, 5.41) is 3.26. The molecule has 0 saturated heterocycles. The van der Waals surface area contributed by atoms with E-state index in [9.17, 15) is 18.0 Å². The Bertz CT molecular complexity index is 1460. The Morgan fingerprint density at radius 3 is 2.24 bits per heavy atom. The number of halogens is 2. The molecule has 7 nitrogen and oxygen atoms in total. The van der Waals surface area contributed by atoms with E-state index < -0.39 is 28.5 Å². The first-order valence-corrected chi connectivity index (χ1v) is 15.9. The van der Waals surface area contributed by atoms with Crippen LogP contribution in [0.3, 0.4) is 0 Å². The van der Waals surface area contributed by atoms with E-state index in [0.29, 0.717) is 0 Å². The molecule has 0 heterocycles. The van der Waals surface area contributed by atoms with Crippen LogP contribution in [-0.4, -0.2) is 43.8 Å². The minimum absolute atomic E-state index is 0.00430. The van der Waals surface area contributed by atoms with Crippen molar-refractivity contribution in [3.8, 4) is 0 Å². The molecule has 1 saturated carbocycles. The maximum absolute atomic E-state index is 14.1. The molecule has 0 bridgehead atoms. The van der Waals surface area contributed by atoms with Crippen LogP contribution in [0.2, 0.25) is 10.0 Å². The van der Waals surface area contributed by atoms with Crippen molar-refractivity contribution in [1.82, 2.24) is 10.2 Å². The molecule has 3 aromatic carbocycles. The summed E-state index contributed by atoms with van der Waals surface area (Å²) in [5.41, 5.74) is 1.78. The third-order valence-electron chi connectivity index (χ3n) is 7.40. The van der Waals surface area contributed by atoms with Gasteiger partial charge in [0.25, 0.3) is 10.0 Å². The number of nitrogens with one attached hydrogen (secondary N) is 1. The van der Waals surface area contributed by atoms with Gasteiger partial charge in [0.1, 0.15) is 12.6 Å². The first-order chi connectivity index (χ1) is 19.6. The second kappa shape index (κ2) is 13.7. The Kier molecular flexibility index (Phi) is 10.3. The SMILES string of the molecule is Cc1ccc(S(=O)(=O)N(CC(=O)N(Cc2ccccc2)[C@@H](C)C(=O)NC2CCCCC2)c2cccc(Cl)c2Cl)cc1. The van der Waals surface area contributed by atoms with Crippen LogP contribution >= 0.6 is 23.2 Å². The van der Waals surface area contributed by atoms with Gasteiger partial charge in [-0.3, -0.25) is 13.9 Å². The van der Waals surface area contributed by atoms with Crippen LogP contribution in [0.4, 0.5) is 5.69 Å². The fraction of sp³-hybridized carbons (Fsp3) is 0.355. The Morgan fingerprint density at radius 2 is 1.59 bits per heavy atom. The van der Waals surface area contributed by atoms with E-state index >= 15 is 0 Å². The van der Waals surface area contributed by atoms with E-state index in [0.717, 1.165) is 47.5 Å². The van der Waals surface area contributed by atoms with Crippen molar-refractivity contribution in [3.63, 3.8) is 0 Å². The highest BCUT2D eigenvalue weighted by Gasteiger charge is 2.34. The van der Waals surface area contributed by atoms with E-state index in [-0.39, 0.29) is 39.1 Å². The summed E-state index contributed by atoms with van der Waals surface area (Å²) in [5.74, 6) is -0.818. The van der Waals surface area contributed by atoms with Gasteiger partial charge < -0.3 is 10.2 Å². The topological polar surface area (TPSA) is 86.8 Å². The molecule has 1 aliphatic carbocycles. The fourth-order valence-corrected chi connectivity index (χ4v) is 6.84. The number of hydrogen-bond acceptors (Lipinski definition) is 4. The number of hydrogen-bond donors (Lipinski definition) is 1. The molecule has 2 amide bonds. The van der Waals surface area contributed by atoms with Crippen molar-refractivity contribution in [2.75, 3.05) is 10.8 Å². The highest BCUT2D eigenvalue weighted by molar-refractivity contribution is 7.92. The number of anilines is 1. The molecule has 1 fully saturated rings. The quantitative estimate of drug-likeness (QED) is 0.287. The van der Waals surface area contributed by atoms with Crippen molar-refractivity contribution in [1.29, 1.82) is 0 Å². The van der Waals surface area contributed by atoms with Crippen LogP contribution in [-0.2, 0) is 26.2 Å². The fourth-order valence-electron chi connectivity index (χ4n) is 4.97. The summed E-state index contributed by atoms with van der Waals surface area (Å²) in [6, 6.07) is 19.5. The third kappa shape index (κ3) is 7.61. The number of amides is 2. The highest BCUT2D eigenvalue weighted by atomic mass is 35.5. The smallest absolute Gasteiger partial charge is 0.264 e. The van der Waals surface area contributed by atoms with E-state index in [4.69, 9.17) is 23.2 Å². The maximum Gasteiger partial charge on any atom is 0.264 e. The van der Waals surface area contributed by atoms with Crippen LogP contribution in [0.15, 0.2) is 77.7 Å². The van der Waals surface area contributed by atoms with Crippen molar-refractivity contribution < 1.29 is 18.0 Å². The molecule has 1 atom stereocenters. The molecule has 0 aliphatic heterocycles. The van der Waals surface area contributed by atoms with Gasteiger partial charge in [-0.1, -0.05) is 96.6 Å². The van der Waals surface area contributed by atoms with Gasteiger partial charge >= 0.3 is 0 Å². The normalized spacial score (nSPS) is 14.7. The standard InChI is InChI=1S/C31H35Cl2N3O4S/c1-22-16-18-26(19-17-22)41(39,40)36(28-15-9-14-27(32)30(28)33)21-29(37)35(20-24-10-5-3-6-11-24)23(2)31(38)34-25-12-7-4-8-13-25/h3,5-6,9-11,14-19,23,25H,4,7-8,12-13,20-21H2,1-2H3,(H,34,38)/t23-/m0/s1. The molecule has 41 heavy (non-hydrogen) atoms. The average molecular weight is 617 g/mol. The summed E-state index contributed by atoms with van der Waals surface area (Å²) in [6.07, 6.45) is 5.07. The largest absolute Gasteiger partial charge is 0.352 e. The molecular formula is C31H35Cl2N3O4S. The van der Waals surface area contributed by atoms with Gasteiger partial charge in [0.15, 0.2) is 0 Å². The van der Waals surface area contributed by atoms with Gasteiger partial charge in [0.05, 0.1) is 20.6 Å². The van der Waals surface area contributed by atoms with Crippen LogP contribution in [0.1, 0.15) is 50.2 Å². The number of benzene rings is 3. The Balaban J connectivity index is 1.69. The summed E-state index contributed by atoms with van der Waals surface area (Å²) >= 11 is 12.8. The molecule has 0 spiro atoms. The zero-order valence-electron chi connectivity index (χ0n) is 23.2. The lowest BCUT2D eigenvalue weighted by Gasteiger charge is -2.33. The van der Waals surface area contributed by atoms with Gasteiger partial charge in [0, 0.05) is 12.6 Å². The van der Waals surface area contributed by atoms with E-state index in [1.807, 2.05) is 37.3 Å². The molecular weight excluding hydrogens is 581 g/mol. The van der Waals surface area contributed by atoms with Gasteiger partial charge in [0.2, 0.25) is 11.8 Å². The summed E-state index contributed by atoms with van der Waals surface area (Å²) in [6.45, 7) is 3.07. The lowest BCUT2D eigenvalue weighted by molar-refractivity contribution is -0.139. The lowest BCUT2D eigenvalue weighted by atomic mass is 9.95. The first-order valence-electron chi connectivity index (χ1n) is 13.7. The molecule has 218 valence electrons. The van der Waals surface area contributed by atoms with Gasteiger partial charge in [-0.25, -0.2) is 8.42 Å². The van der Waals surface area contributed by atoms with Gasteiger partial charge in [-0.05, 0) is 56.5 Å². The minimum Gasteiger partial charge on any atom is -0.352 e. The number of rotatable bonds is 10. The number of nitrogens with zero attached hydrogens (tertiary/aromatic N) is 2. The monoisotopic (exact) mass is 615 g/mol. The zero-order valence-corrected chi connectivity index (χ0v) is 25.6. The Labute approximate surface area is 252 Å². The number of carbonyl (C=O) groups excluding carboxylic acids is 2. The minimum atomic E-state index is -4.24. The maximum atomic E-state index is 14.1. The second-order valence-electron chi connectivity index (χ2n) is 10.4. The lowest BCUT2D eigenvalue weighted by Crippen LogP contribution is -2.53.